The van der Waals surface area contributed by atoms with Gasteiger partial charge in [0.05, 0.1) is 23.3 Å². The maximum absolute atomic E-state index is 13.8. The lowest BCUT2D eigenvalue weighted by molar-refractivity contribution is 0.0843. The predicted molar refractivity (Wildman–Crippen MR) is 129 cm³/mol. The van der Waals surface area contributed by atoms with Crippen molar-refractivity contribution in [1.82, 2.24) is 9.55 Å². The van der Waals surface area contributed by atoms with Gasteiger partial charge in [0.15, 0.2) is 0 Å². The fraction of sp³-hybridized carbons (Fsp3) is 0.222. The van der Waals surface area contributed by atoms with Gasteiger partial charge in [-0.15, -0.1) is 0 Å². The Kier molecular flexibility index (Phi) is 4.99. The Labute approximate surface area is 195 Å². The number of primary amides is 1. The molecule has 2 aliphatic rings. The molecule has 6 nitrogen and oxygen atoms in total. The van der Waals surface area contributed by atoms with Crippen molar-refractivity contribution in [3.8, 4) is 16.8 Å². The number of pyridine rings is 1. The molecule has 7 heteroatoms. The lowest BCUT2D eigenvalue weighted by Crippen LogP contribution is -2.17. The van der Waals surface area contributed by atoms with E-state index in [1.165, 1.54) is 12.1 Å². The van der Waals surface area contributed by atoms with E-state index in [0.29, 0.717) is 25.3 Å². The number of aromatic nitrogens is 2. The highest BCUT2D eigenvalue weighted by Gasteiger charge is 2.29. The number of carbonyl (C=O) groups excluding carboxylic acids is 1. The van der Waals surface area contributed by atoms with Gasteiger partial charge in [-0.25, -0.2) is 9.37 Å². The van der Waals surface area contributed by atoms with Crippen molar-refractivity contribution >= 4 is 23.2 Å². The normalized spacial score (nSPS) is 15.7. The highest BCUT2D eigenvalue weighted by molar-refractivity contribution is 6.01. The molecule has 0 unspecified atom stereocenters. The molecule has 0 bridgehead atoms. The number of amides is 1. The lowest BCUT2D eigenvalue weighted by atomic mass is 9.90. The number of aliphatic imine (C=N–C) groups is 1. The predicted octanol–water partition coefficient (Wildman–Crippen LogP) is 4.76. The minimum absolute atomic E-state index is 0.238. The van der Waals surface area contributed by atoms with E-state index in [2.05, 4.69) is 15.6 Å². The Bertz CT molecular complexity index is 1430. The highest BCUT2D eigenvalue weighted by Crippen LogP contribution is 2.43. The van der Waals surface area contributed by atoms with Gasteiger partial charge in [-0.05, 0) is 60.9 Å². The third-order valence-electron chi connectivity index (χ3n) is 6.71. The van der Waals surface area contributed by atoms with Crippen molar-refractivity contribution in [3.63, 3.8) is 0 Å². The molecule has 0 spiro atoms. The number of rotatable bonds is 4. The highest BCUT2D eigenvalue weighted by atomic mass is 19.1. The summed E-state index contributed by atoms with van der Waals surface area (Å²) in [6.45, 7) is 1.93. The molecule has 0 radical (unpaired) electrons. The first-order chi connectivity index (χ1) is 16.6. The second kappa shape index (κ2) is 8.18. The van der Waals surface area contributed by atoms with Gasteiger partial charge in [0.1, 0.15) is 5.82 Å². The minimum Gasteiger partial charge on any atom is -0.381 e. The summed E-state index contributed by atoms with van der Waals surface area (Å²) in [5.74, 6) is -0.499. The fourth-order valence-corrected chi connectivity index (χ4v) is 5.05. The van der Waals surface area contributed by atoms with Crippen LogP contribution in [0, 0.1) is 5.82 Å². The average Bonchev–Trinajstić information content (AvgIpc) is 3.45. The number of ether oxygens (including phenoxy) is 1. The van der Waals surface area contributed by atoms with Crippen LogP contribution in [0.15, 0.2) is 59.6 Å². The van der Waals surface area contributed by atoms with E-state index in [1.54, 1.807) is 24.3 Å². The summed E-state index contributed by atoms with van der Waals surface area (Å²) in [7, 11) is 0. The molecular weight excluding hydrogens is 431 g/mol. The summed E-state index contributed by atoms with van der Waals surface area (Å²) in [6, 6.07) is 16.1. The Morgan fingerprint density at radius 3 is 2.50 bits per heavy atom. The van der Waals surface area contributed by atoms with Crippen LogP contribution in [0.5, 0.6) is 0 Å². The molecule has 2 aromatic heterocycles. The smallest absolute Gasteiger partial charge is 0.248 e. The number of hydrogen-bond donors (Lipinski definition) is 1. The number of hydrogen-bond acceptors (Lipinski definition) is 4. The van der Waals surface area contributed by atoms with Crippen LogP contribution in [0.3, 0.4) is 0 Å². The third-order valence-corrected chi connectivity index (χ3v) is 6.71. The summed E-state index contributed by atoms with van der Waals surface area (Å²) in [6.07, 6.45) is 3.62. The zero-order valence-electron chi connectivity index (χ0n) is 18.5. The average molecular weight is 455 g/mol. The second-order valence-electron chi connectivity index (χ2n) is 8.76. The van der Waals surface area contributed by atoms with Crippen molar-refractivity contribution < 1.29 is 13.9 Å². The molecule has 0 saturated carbocycles. The van der Waals surface area contributed by atoms with Gasteiger partial charge >= 0.3 is 0 Å². The summed E-state index contributed by atoms with van der Waals surface area (Å²) in [5.41, 5.74) is 13.7. The SMILES string of the molecule is NC(=O)c1ccc(-c2c(C3CCOCC3)n(-c3ccc(F)cc3)c3cc4c(nc23)CN=C4)cc1. The van der Waals surface area contributed by atoms with E-state index in [9.17, 15) is 9.18 Å². The second-order valence-corrected chi connectivity index (χ2v) is 8.76. The number of halogens is 1. The van der Waals surface area contributed by atoms with E-state index >= 15 is 0 Å². The quantitative estimate of drug-likeness (QED) is 0.483. The fourth-order valence-electron chi connectivity index (χ4n) is 5.05. The van der Waals surface area contributed by atoms with E-state index in [0.717, 1.165) is 57.6 Å². The van der Waals surface area contributed by atoms with Gasteiger partial charge in [0.2, 0.25) is 5.91 Å². The molecule has 2 aliphatic heterocycles. The van der Waals surface area contributed by atoms with Crippen molar-refractivity contribution in [2.75, 3.05) is 13.2 Å². The van der Waals surface area contributed by atoms with Crippen LogP contribution >= 0.6 is 0 Å². The molecule has 1 amide bonds. The Morgan fingerprint density at radius 1 is 1.06 bits per heavy atom. The van der Waals surface area contributed by atoms with Crippen LogP contribution in [0.1, 0.15) is 46.1 Å². The topological polar surface area (TPSA) is 82.5 Å². The number of nitrogens with two attached hydrogens (primary N) is 1. The Hall–Kier alpha value is -3.84. The molecule has 2 N–H and O–H groups in total. The third kappa shape index (κ3) is 3.40. The standard InChI is InChI=1S/C27H23FN4O2/c28-20-5-7-21(8-6-20)32-23-13-19-14-30-15-22(19)31-25(23)24(26(32)17-9-11-34-12-10-17)16-1-3-18(4-2-16)27(29)33/h1-8,13-14,17H,9-12,15H2,(H2,29,33). The molecule has 0 aliphatic carbocycles. The molecule has 1 fully saturated rings. The van der Waals surface area contributed by atoms with Gasteiger partial charge < -0.3 is 15.0 Å². The molecule has 4 aromatic rings. The molecule has 0 atom stereocenters. The number of carbonyl (C=O) groups is 1. The maximum Gasteiger partial charge on any atom is 0.248 e. The molecule has 6 rings (SSSR count). The van der Waals surface area contributed by atoms with E-state index < -0.39 is 5.91 Å². The molecule has 170 valence electrons. The van der Waals surface area contributed by atoms with Crippen molar-refractivity contribution in [1.29, 1.82) is 0 Å². The zero-order chi connectivity index (χ0) is 23.2. The number of benzene rings is 2. The molecule has 2 aromatic carbocycles. The summed E-state index contributed by atoms with van der Waals surface area (Å²) >= 11 is 0. The number of nitrogens with zero attached hydrogens (tertiary/aromatic N) is 3. The van der Waals surface area contributed by atoms with Crippen LogP contribution < -0.4 is 5.73 Å². The molecule has 1 saturated heterocycles. The van der Waals surface area contributed by atoms with Gasteiger partial charge in [-0.1, -0.05) is 12.1 Å². The zero-order valence-corrected chi connectivity index (χ0v) is 18.5. The monoisotopic (exact) mass is 454 g/mol. The van der Waals surface area contributed by atoms with Crippen LogP contribution in [-0.2, 0) is 11.3 Å². The van der Waals surface area contributed by atoms with E-state index in [1.807, 2.05) is 18.3 Å². The maximum atomic E-state index is 13.8. The first-order valence-electron chi connectivity index (χ1n) is 11.4. The van der Waals surface area contributed by atoms with Crippen molar-refractivity contribution in [2.45, 2.75) is 25.3 Å². The molecule has 34 heavy (non-hydrogen) atoms. The molecule has 4 heterocycles. The van der Waals surface area contributed by atoms with Crippen LogP contribution in [-0.4, -0.2) is 34.9 Å². The summed E-state index contributed by atoms with van der Waals surface area (Å²) in [4.78, 5) is 21.1. The summed E-state index contributed by atoms with van der Waals surface area (Å²) < 4.78 is 21.7. The van der Waals surface area contributed by atoms with Crippen molar-refractivity contribution in [3.05, 3.63) is 82.9 Å². The van der Waals surface area contributed by atoms with Crippen LogP contribution in [0.4, 0.5) is 4.39 Å². The van der Waals surface area contributed by atoms with Gasteiger partial charge in [-0.2, -0.15) is 0 Å². The van der Waals surface area contributed by atoms with Crippen LogP contribution in [0.2, 0.25) is 0 Å². The first kappa shape index (κ1) is 20.7. The van der Waals surface area contributed by atoms with Gasteiger partial charge in [0.25, 0.3) is 0 Å². The van der Waals surface area contributed by atoms with Gasteiger partial charge in [-0.3, -0.25) is 9.79 Å². The Balaban J connectivity index is 1.69. The van der Waals surface area contributed by atoms with Crippen molar-refractivity contribution in [2.24, 2.45) is 10.7 Å². The Morgan fingerprint density at radius 2 is 1.79 bits per heavy atom. The molecular formula is C27H23FN4O2. The van der Waals surface area contributed by atoms with Crippen LogP contribution in [0.25, 0.3) is 27.8 Å². The van der Waals surface area contributed by atoms with E-state index in [-0.39, 0.29) is 11.7 Å². The van der Waals surface area contributed by atoms with Gasteiger partial charge in [0, 0.05) is 53.4 Å². The largest absolute Gasteiger partial charge is 0.381 e. The lowest BCUT2D eigenvalue weighted by Gasteiger charge is -2.25. The summed E-state index contributed by atoms with van der Waals surface area (Å²) in [5, 5.41) is 0. The first-order valence-corrected chi connectivity index (χ1v) is 11.4. The number of fused-ring (bicyclic) bond motifs is 2. The minimum atomic E-state index is -0.460. The van der Waals surface area contributed by atoms with E-state index in [4.69, 9.17) is 15.5 Å².